The van der Waals surface area contributed by atoms with Crippen molar-refractivity contribution >= 4 is 52.4 Å². The van der Waals surface area contributed by atoms with Gasteiger partial charge in [-0.3, -0.25) is 14.9 Å². The highest BCUT2D eigenvalue weighted by Gasteiger charge is 2.37. The Kier molecular flexibility index (Phi) is 5.10. The van der Waals surface area contributed by atoms with Crippen LogP contribution in [0.1, 0.15) is 16.9 Å². The van der Waals surface area contributed by atoms with Gasteiger partial charge in [0.1, 0.15) is 11.3 Å². The van der Waals surface area contributed by atoms with E-state index in [9.17, 15) is 14.4 Å². The number of rotatable bonds is 4. The number of barbiturate groups is 1. The van der Waals surface area contributed by atoms with Crippen LogP contribution in [0.5, 0.6) is 0 Å². The molecule has 164 valence electrons. The fourth-order valence-electron chi connectivity index (χ4n) is 3.65. The third-order valence-corrected chi connectivity index (χ3v) is 5.83. The molecule has 0 bridgehead atoms. The standard InChI is InChI=1S/C24H18N4O4S/c1-13-9-14(2)11-15(10-13)28-22(30)17(21(29)27-24(28)31)12-16-7-8-20(32-16)33-23-25-18-5-3-4-6-19(18)26-23/h3-12H,1-2H3,(H,25,26)(H,27,29,31)/b17-12+. The molecule has 2 aromatic carbocycles. The topological polar surface area (TPSA) is 108 Å². The number of hydrogen-bond donors (Lipinski definition) is 2. The first-order valence-electron chi connectivity index (χ1n) is 10.1. The molecule has 3 heterocycles. The monoisotopic (exact) mass is 458 g/mol. The Hall–Kier alpha value is -4.11. The predicted octanol–water partition coefficient (Wildman–Crippen LogP) is 4.59. The Labute approximate surface area is 192 Å². The van der Waals surface area contributed by atoms with Gasteiger partial charge in [-0.15, -0.1) is 0 Å². The second-order valence-electron chi connectivity index (χ2n) is 7.62. The Bertz CT molecular complexity index is 1410. The minimum absolute atomic E-state index is 0.191. The van der Waals surface area contributed by atoms with Crippen LogP contribution in [0, 0.1) is 13.8 Å². The number of furan rings is 1. The van der Waals surface area contributed by atoms with Crippen LogP contribution in [0.4, 0.5) is 10.5 Å². The number of imide groups is 2. The molecule has 4 aromatic rings. The van der Waals surface area contributed by atoms with Gasteiger partial charge in [0.25, 0.3) is 11.8 Å². The van der Waals surface area contributed by atoms with Crippen LogP contribution in [0.15, 0.2) is 74.8 Å². The summed E-state index contributed by atoms with van der Waals surface area (Å²) in [5.74, 6) is -1.17. The molecule has 5 rings (SSSR count). The lowest BCUT2D eigenvalue weighted by Gasteiger charge is -2.26. The number of nitrogens with one attached hydrogen (secondary N) is 2. The summed E-state index contributed by atoms with van der Waals surface area (Å²) in [6.07, 6.45) is 1.34. The van der Waals surface area contributed by atoms with Gasteiger partial charge >= 0.3 is 6.03 Å². The van der Waals surface area contributed by atoms with Crippen molar-refractivity contribution in [1.29, 1.82) is 0 Å². The zero-order valence-corrected chi connectivity index (χ0v) is 18.5. The Morgan fingerprint density at radius 3 is 2.52 bits per heavy atom. The number of hydrogen-bond acceptors (Lipinski definition) is 6. The van der Waals surface area contributed by atoms with Crippen LogP contribution >= 0.6 is 11.8 Å². The first-order chi connectivity index (χ1) is 15.9. The number of aromatic nitrogens is 2. The van der Waals surface area contributed by atoms with E-state index in [2.05, 4.69) is 15.3 Å². The van der Waals surface area contributed by atoms with Crippen molar-refractivity contribution in [2.45, 2.75) is 24.1 Å². The van der Waals surface area contributed by atoms with Gasteiger partial charge in [0.05, 0.1) is 16.7 Å². The number of amides is 4. The van der Waals surface area contributed by atoms with Gasteiger partial charge in [-0.05, 0) is 79.2 Å². The van der Waals surface area contributed by atoms with E-state index < -0.39 is 17.8 Å². The molecule has 0 aliphatic carbocycles. The number of aryl methyl sites for hydroxylation is 2. The van der Waals surface area contributed by atoms with Gasteiger partial charge in [0.2, 0.25) is 0 Å². The number of aromatic amines is 1. The normalized spacial score (nSPS) is 15.5. The molecule has 2 N–H and O–H groups in total. The summed E-state index contributed by atoms with van der Waals surface area (Å²) in [7, 11) is 0. The van der Waals surface area contributed by atoms with E-state index in [-0.39, 0.29) is 5.57 Å². The van der Waals surface area contributed by atoms with Crippen LogP contribution in [0.25, 0.3) is 17.1 Å². The van der Waals surface area contributed by atoms with Crippen LogP contribution < -0.4 is 10.2 Å². The number of benzene rings is 2. The van der Waals surface area contributed by atoms with Gasteiger partial charge < -0.3 is 9.40 Å². The van der Waals surface area contributed by atoms with Crippen molar-refractivity contribution in [1.82, 2.24) is 15.3 Å². The first kappa shape index (κ1) is 20.8. The average Bonchev–Trinajstić information content (AvgIpc) is 3.36. The third kappa shape index (κ3) is 4.06. The smallest absolute Gasteiger partial charge is 0.335 e. The summed E-state index contributed by atoms with van der Waals surface area (Å²) in [5.41, 5.74) is 3.75. The molecular formula is C24H18N4O4S. The van der Waals surface area contributed by atoms with E-state index in [1.807, 2.05) is 44.2 Å². The van der Waals surface area contributed by atoms with E-state index in [1.165, 1.54) is 17.8 Å². The molecule has 1 aliphatic heterocycles. The highest BCUT2D eigenvalue weighted by Crippen LogP contribution is 2.30. The van der Waals surface area contributed by atoms with Gasteiger partial charge in [-0.2, -0.15) is 0 Å². The Balaban J connectivity index is 1.42. The number of fused-ring (bicyclic) bond motifs is 1. The molecular weight excluding hydrogens is 440 g/mol. The molecule has 2 aromatic heterocycles. The fourth-order valence-corrected chi connectivity index (χ4v) is 4.42. The predicted molar refractivity (Wildman–Crippen MR) is 124 cm³/mol. The maximum absolute atomic E-state index is 13.1. The highest BCUT2D eigenvalue weighted by atomic mass is 32.2. The molecule has 1 saturated heterocycles. The second-order valence-corrected chi connectivity index (χ2v) is 8.61. The Morgan fingerprint density at radius 2 is 1.76 bits per heavy atom. The van der Waals surface area contributed by atoms with Crippen molar-refractivity contribution in [3.63, 3.8) is 0 Å². The second kappa shape index (κ2) is 8.10. The molecule has 9 heteroatoms. The molecule has 8 nitrogen and oxygen atoms in total. The Morgan fingerprint density at radius 1 is 1.00 bits per heavy atom. The summed E-state index contributed by atoms with van der Waals surface area (Å²) in [6.45, 7) is 3.74. The maximum atomic E-state index is 13.1. The largest absolute Gasteiger partial charge is 0.450 e. The summed E-state index contributed by atoms with van der Waals surface area (Å²) in [6, 6.07) is 15.6. The molecule has 4 amide bonds. The SMILES string of the molecule is Cc1cc(C)cc(N2C(=O)NC(=O)/C(=C\c3ccc(Sc4nc5ccccc5[nH]4)o3)C2=O)c1. The molecule has 1 fully saturated rings. The van der Waals surface area contributed by atoms with E-state index >= 15 is 0 Å². The van der Waals surface area contributed by atoms with Gasteiger partial charge in [0.15, 0.2) is 10.2 Å². The zero-order valence-electron chi connectivity index (χ0n) is 17.7. The third-order valence-electron chi connectivity index (χ3n) is 5.02. The molecule has 0 atom stereocenters. The zero-order chi connectivity index (χ0) is 23.1. The van der Waals surface area contributed by atoms with Gasteiger partial charge in [-0.1, -0.05) is 18.2 Å². The molecule has 1 aliphatic rings. The number of para-hydroxylation sites is 2. The molecule has 0 radical (unpaired) electrons. The van der Waals surface area contributed by atoms with Gasteiger partial charge in [0, 0.05) is 0 Å². The van der Waals surface area contributed by atoms with Crippen LogP contribution in [-0.4, -0.2) is 27.8 Å². The number of urea groups is 1. The molecule has 0 unspecified atom stereocenters. The molecule has 0 spiro atoms. The van der Waals surface area contributed by atoms with Crippen LogP contribution in [0.3, 0.4) is 0 Å². The minimum Gasteiger partial charge on any atom is -0.450 e. The minimum atomic E-state index is -0.785. The number of nitrogens with zero attached hydrogens (tertiary/aromatic N) is 2. The molecule has 0 saturated carbocycles. The maximum Gasteiger partial charge on any atom is 0.335 e. The van der Waals surface area contributed by atoms with E-state index in [4.69, 9.17) is 4.42 Å². The number of anilines is 1. The van der Waals surface area contributed by atoms with Crippen molar-refractivity contribution in [2.75, 3.05) is 4.90 Å². The summed E-state index contributed by atoms with van der Waals surface area (Å²) in [4.78, 5) is 46.6. The number of carbonyl (C=O) groups is 3. The van der Waals surface area contributed by atoms with E-state index in [1.54, 1.807) is 24.3 Å². The van der Waals surface area contributed by atoms with Crippen molar-refractivity contribution < 1.29 is 18.8 Å². The number of H-pyrrole nitrogens is 1. The lowest BCUT2D eigenvalue weighted by molar-refractivity contribution is -0.122. The fraction of sp³-hybridized carbons (Fsp3) is 0.0833. The van der Waals surface area contributed by atoms with Crippen molar-refractivity contribution in [2.24, 2.45) is 0 Å². The van der Waals surface area contributed by atoms with E-state index in [0.717, 1.165) is 27.1 Å². The summed E-state index contributed by atoms with van der Waals surface area (Å²) in [5, 5.41) is 3.42. The van der Waals surface area contributed by atoms with Crippen molar-refractivity contribution in [3.05, 3.63) is 77.1 Å². The highest BCUT2D eigenvalue weighted by molar-refractivity contribution is 7.99. The van der Waals surface area contributed by atoms with Crippen LogP contribution in [-0.2, 0) is 9.59 Å². The van der Waals surface area contributed by atoms with Crippen molar-refractivity contribution in [3.8, 4) is 0 Å². The summed E-state index contributed by atoms with van der Waals surface area (Å²) >= 11 is 1.29. The first-order valence-corrected chi connectivity index (χ1v) is 10.9. The quantitative estimate of drug-likeness (QED) is 0.342. The molecule has 33 heavy (non-hydrogen) atoms. The van der Waals surface area contributed by atoms with E-state index in [0.29, 0.717) is 21.7 Å². The lowest BCUT2D eigenvalue weighted by atomic mass is 10.1. The lowest BCUT2D eigenvalue weighted by Crippen LogP contribution is -2.54. The average molecular weight is 458 g/mol. The number of carbonyl (C=O) groups excluding carboxylic acids is 3. The van der Waals surface area contributed by atoms with Gasteiger partial charge in [-0.25, -0.2) is 14.7 Å². The summed E-state index contributed by atoms with van der Waals surface area (Å²) < 4.78 is 5.78. The van der Waals surface area contributed by atoms with Crippen LogP contribution in [0.2, 0.25) is 0 Å². The number of imidazole rings is 1.